The molecule has 12 heteroatoms. The molecule has 1 amide bonds. The van der Waals surface area contributed by atoms with Gasteiger partial charge in [0.15, 0.2) is 11.5 Å². The monoisotopic (exact) mass is 519 g/mol. The summed E-state index contributed by atoms with van der Waals surface area (Å²) in [6, 6.07) is 8.72. The number of hydrogen-bond donors (Lipinski definition) is 3. The molecule has 3 aromatic carbocycles. The minimum atomic E-state index is -4.88. The van der Waals surface area contributed by atoms with Gasteiger partial charge < -0.3 is 20.3 Å². The van der Waals surface area contributed by atoms with Crippen molar-refractivity contribution in [3.8, 4) is 17.2 Å². The van der Waals surface area contributed by atoms with Gasteiger partial charge in [-0.2, -0.15) is 26.3 Å². The zero-order valence-corrected chi connectivity index (χ0v) is 18.2. The molecule has 3 aromatic rings. The number of carbonyl (C=O) groups excluding carboxylic acids is 1. The molecule has 3 rings (SSSR count). The molecular weight excluding hydrogens is 504 g/mol. The first-order valence-electron chi connectivity index (χ1n) is 9.78. The van der Waals surface area contributed by atoms with Crippen LogP contribution in [0.2, 0.25) is 5.02 Å². The van der Waals surface area contributed by atoms with Crippen molar-refractivity contribution in [2.75, 3.05) is 11.9 Å². The number of ether oxygens (including phenoxy) is 1. The zero-order chi connectivity index (χ0) is 26.0. The van der Waals surface area contributed by atoms with Crippen LogP contribution in [0, 0.1) is 0 Å². The molecule has 35 heavy (non-hydrogen) atoms. The minimum absolute atomic E-state index is 0.0670. The van der Waals surface area contributed by atoms with Crippen molar-refractivity contribution in [1.29, 1.82) is 0 Å². The lowest BCUT2D eigenvalue weighted by atomic mass is 10.1. The summed E-state index contributed by atoms with van der Waals surface area (Å²) in [5, 5.41) is 22.2. The summed E-state index contributed by atoms with van der Waals surface area (Å²) < 4.78 is 83.8. The SMILES string of the molecule is O=C(Nc1cc(C(F)(F)F)cc(O)c1OCCc1cccc(C(F)(F)F)c1)c1cc(Cl)ccc1O. The molecule has 0 fully saturated rings. The summed E-state index contributed by atoms with van der Waals surface area (Å²) in [5.41, 5.74) is -2.90. The highest BCUT2D eigenvalue weighted by Crippen LogP contribution is 2.42. The molecule has 0 spiro atoms. The van der Waals surface area contributed by atoms with E-state index in [0.29, 0.717) is 12.1 Å². The van der Waals surface area contributed by atoms with Crippen molar-refractivity contribution < 1.29 is 46.1 Å². The van der Waals surface area contributed by atoms with E-state index in [0.717, 1.165) is 24.3 Å². The number of alkyl halides is 6. The maximum absolute atomic E-state index is 13.3. The van der Waals surface area contributed by atoms with E-state index in [2.05, 4.69) is 5.32 Å². The van der Waals surface area contributed by atoms with Crippen molar-refractivity contribution in [2.24, 2.45) is 0 Å². The Morgan fingerprint density at radius 2 is 1.57 bits per heavy atom. The van der Waals surface area contributed by atoms with E-state index in [1.807, 2.05) is 0 Å². The zero-order valence-electron chi connectivity index (χ0n) is 17.5. The molecule has 0 aliphatic carbocycles. The second-order valence-corrected chi connectivity index (χ2v) is 7.72. The largest absolute Gasteiger partial charge is 0.507 e. The van der Waals surface area contributed by atoms with Crippen LogP contribution in [0.25, 0.3) is 0 Å². The number of aromatic hydroxyl groups is 2. The van der Waals surface area contributed by atoms with Gasteiger partial charge in [0.25, 0.3) is 5.91 Å². The number of phenolic OH excluding ortho intramolecular Hbond substituents is 2. The van der Waals surface area contributed by atoms with Crippen molar-refractivity contribution in [3.63, 3.8) is 0 Å². The Hall–Kier alpha value is -3.60. The predicted octanol–water partition coefficient (Wildman–Crippen LogP) is 6.66. The molecule has 0 unspecified atom stereocenters. The van der Waals surface area contributed by atoms with Gasteiger partial charge in [-0.1, -0.05) is 29.8 Å². The van der Waals surface area contributed by atoms with Crippen LogP contribution in [0.1, 0.15) is 27.0 Å². The lowest BCUT2D eigenvalue weighted by Gasteiger charge is -2.17. The first-order valence-corrected chi connectivity index (χ1v) is 10.2. The Balaban J connectivity index is 1.88. The highest BCUT2D eigenvalue weighted by atomic mass is 35.5. The molecule has 0 bridgehead atoms. The number of phenols is 2. The lowest BCUT2D eigenvalue weighted by molar-refractivity contribution is -0.138. The van der Waals surface area contributed by atoms with E-state index < -0.39 is 52.3 Å². The van der Waals surface area contributed by atoms with Crippen LogP contribution in [-0.4, -0.2) is 22.7 Å². The number of hydrogen-bond acceptors (Lipinski definition) is 4. The number of rotatable bonds is 6. The van der Waals surface area contributed by atoms with Crippen molar-refractivity contribution in [2.45, 2.75) is 18.8 Å². The van der Waals surface area contributed by atoms with Crippen LogP contribution in [0.3, 0.4) is 0 Å². The van der Waals surface area contributed by atoms with E-state index in [9.17, 15) is 41.4 Å². The summed E-state index contributed by atoms with van der Waals surface area (Å²) in [6.45, 7) is -0.342. The number of halogens is 7. The number of amides is 1. The number of anilines is 1. The summed E-state index contributed by atoms with van der Waals surface area (Å²) >= 11 is 5.80. The molecule has 0 aromatic heterocycles. The minimum Gasteiger partial charge on any atom is -0.507 e. The smallest absolute Gasteiger partial charge is 0.416 e. The topological polar surface area (TPSA) is 78.8 Å². The first-order chi connectivity index (χ1) is 16.3. The van der Waals surface area contributed by atoms with Gasteiger partial charge in [-0.05, 0) is 42.0 Å². The average Bonchev–Trinajstić information content (AvgIpc) is 2.76. The highest BCUT2D eigenvalue weighted by molar-refractivity contribution is 6.31. The van der Waals surface area contributed by atoms with Gasteiger partial charge >= 0.3 is 12.4 Å². The fourth-order valence-electron chi connectivity index (χ4n) is 3.08. The summed E-state index contributed by atoms with van der Waals surface area (Å²) in [6.07, 6.45) is -9.54. The van der Waals surface area contributed by atoms with Crippen LogP contribution >= 0.6 is 11.6 Å². The Morgan fingerprint density at radius 1 is 0.886 bits per heavy atom. The molecule has 0 aliphatic rings. The van der Waals surface area contributed by atoms with Crippen LogP contribution < -0.4 is 10.1 Å². The van der Waals surface area contributed by atoms with E-state index in [-0.39, 0.29) is 29.2 Å². The second-order valence-electron chi connectivity index (χ2n) is 7.28. The lowest BCUT2D eigenvalue weighted by Crippen LogP contribution is -2.15. The molecule has 5 nitrogen and oxygen atoms in total. The molecule has 0 heterocycles. The molecule has 0 atom stereocenters. The van der Waals surface area contributed by atoms with Crippen molar-refractivity contribution >= 4 is 23.2 Å². The molecule has 3 N–H and O–H groups in total. The standard InChI is InChI=1S/C23H16ClF6NO4/c24-15-4-5-18(32)16(11-15)21(34)31-17-9-14(23(28,29)30)10-19(33)20(17)35-7-6-12-2-1-3-13(8-12)22(25,26)27/h1-5,8-11,32-33H,6-7H2,(H,31,34). The molecule has 0 saturated carbocycles. The number of nitrogens with one attached hydrogen (secondary N) is 1. The summed E-state index contributed by atoms with van der Waals surface area (Å²) in [5.74, 6) is -3.06. The Morgan fingerprint density at radius 3 is 2.23 bits per heavy atom. The Bertz CT molecular complexity index is 1240. The van der Waals surface area contributed by atoms with Crippen LogP contribution in [0.4, 0.5) is 32.0 Å². The van der Waals surface area contributed by atoms with Gasteiger partial charge in [0.1, 0.15) is 5.75 Å². The summed E-state index contributed by atoms with van der Waals surface area (Å²) in [7, 11) is 0. The molecule has 186 valence electrons. The van der Waals surface area contributed by atoms with Gasteiger partial charge in [0.2, 0.25) is 0 Å². The van der Waals surface area contributed by atoms with Gasteiger partial charge in [-0.15, -0.1) is 0 Å². The highest BCUT2D eigenvalue weighted by Gasteiger charge is 2.33. The molecule has 0 saturated heterocycles. The van der Waals surface area contributed by atoms with Crippen molar-refractivity contribution in [1.82, 2.24) is 0 Å². The van der Waals surface area contributed by atoms with E-state index in [4.69, 9.17) is 16.3 Å². The average molecular weight is 520 g/mol. The maximum Gasteiger partial charge on any atom is 0.416 e. The summed E-state index contributed by atoms with van der Waals surface area (Å²) in [4.78, 5) is 12.6. The number of benzene rings is 3. The third kappa shape index (κ3) is 6.50. The predicted molar refractivity (Wildman–Crippen MR) is 115 cm³/mol. The van der Waals surface area contributed by atoms with E-state index >= 15 is 0 Å². The van der Waals surface area contributed by atoms with Gasteiger partial charge in [-0.25, -0.2) is 0 Å². The quantitative estimate of drug-likeness (QED) is 0.318. The van der Waals surface area contributed by atoms with Crippen LogP contribution in [-0.2, 0) is 18.8 Å². The van der Waals surface area contributed by atoms with Gasteiger partial charge in [0.05, 0.1) is 29.0 Å². The number of carbonyl (C=O) groups is 1. The Labute approximate surface area is 199 Å². The maximum atomic E-state index is 13.3. The van der Waals surface area contributed by atoms with Crippen LogP contribution in [0.15, 0.2) is 54.6 Å². The van der Waals surface area contributed by atoms with Crippen molar-refractivity contribution in [3.05, 3.63) is 81.9 Å². The first kappa shape index (κ1) is 26.0. The fraction of sp³-hybridized carbons (Fsp3) is 0.174. The third-order valence-corrected chi connectivity index (χ3v) is 4.97. The molecular formula is C23H16ClF6NO4. The van der Waals surface area contributed by atoms with Gasteiger partial charge in [0, 0.05) is 11.4 Å². The molecule has 0 radical (unpaired) electrons. The normalized spacial score (nSPS) is 11.9. The van der Waals surface area contributed by atoms with Crippen LogP contribution in [0.5, 0.6) is 17.2 Å². The molecule has 0 aliphatic heterocycles. The third-order valence-electron chi connectivity index (χ3n) is 4.74. The van der Waals surface area contributed by atoms with E-state index in [1.54, 1.807) is 0 Å². The van der Waals surface area contributed by atoms with E-state index in [1.165, 1.54) is 18.2 Å². The fourth-order valence-corrected chi connectivity index (χ4v) is 3.25. The Kier molecular flexibility index (Phi) is 7.39. The van der Waals surface area contributed by atoms with Gasteiger partial charge in [-0.3, -0.25) is 4.79 Å². The second kappa shape index (κ2) is 9.95.